The van der Waals surface area contributed by atoms with E-state index in [1.165, 1.54) is 89.9 Å². The zero-order chi connectivity index (χ0) is 25.3. The molecule has 3 aliphatic rings. The molecule has 0 heterocycles. The average molecular weight is 501 g/mol. The van der Waals surface area contributed by atoms with Crippen molar-refractivity contribution in [3.05, 3.63) is 42.0 Å². The molecule has 3 saturated carbocycles. The normalized spacial score (nSPS) is 30.5. The summed E-state index contributed by atoms with van der Waals surface area (Å²) in [6.45, 7) is 6.27. The van der Waals surface area contributed by atoms with E-state index in [0.717, 1.165) is 36.5 Å². The minimum Gasteiger partial charge on any atom is -0.490 e. The molecule has 0 bridgehead atoms. The smallest absolute Gasteiger partial charge is 0.200 e. The van der Waals surface area contributed by atoms with Gasteiger partial charge in [0.25, 0.3) is 0 Å². The van der Waals surface area contributed by atoms with Crippen molar-refractivity contribution in [2.24, 2.45) is 29.6 Å². The van der Waals surface area contributed by atoms with Crippen molar-refractivity contribution in [1.29, 1.82) is 0 Å². The highest BCUT2D eigenvalue weighted by Gasteiger charge is 2.37. The van der Waals surface area contributed by atoms with Gasteiger partial charge in [-0.25, -0.2) is 4.39 Å². The highest BCUT2D eigenvalue weighted by molar-refractivity contribution is 5.33. The molecular weight excluding hydrogens is 450 g/mol. The Morgan fingerprint density at radius 3 is 2.22 bits per heavy atom. The van der Waals surface area contributed by atoms with Crippen LogP contribution in [0.5, 0.6) is 5.75 Å². The second-order valence-corrected chi connectivity index (χ2v) is 12.4. The first-order chi connectivity index (χ1) is 17.6. The van der Waals surface area contributed by atoms with E-state index >= 15 is 0 Å². The lowest BCUT2D eigenvalue weighted by Crippen LogP contribution is -2.31. The number of hydrogen-bond donors (Lipinski definition) is 0. The van der Waals surface area contributed by atoms with Gasteiger partial charge in [0.2, 0.25) is 5.82 Å². The molecule has 1 aromatic rings. The van der Waals surface area contributed by atoms with Gasteiger partial charge in [-0.3, -0.25) is 0 Å². The van der Waals surface area contributed by atoms with Gasteiger partial charge in [-0.05, 0) is 85.7 Å². The number of ether oxygens (including phenoxy) is 1. The molecule has 0 aliphatic heterocycles. The number of unbranched alkanes of at least 4 members (excludes halogenated alkanes) is 2. The summed E-state index contributed by atoms with van der Waals surface area (Å²) in [5.41, 5.74) is 0.564. The van der Waals surface area contributed by atoms with Crippen molar-refractivity contribution >= 4 is 0 Å². The SMILES string of the molecule is C=CCCOc1ccc(C2CCC3CC(CCC4CCC(CCCCC)CC4)CCC3C2)c(F)c1F. The maximum absolute atomic E-state index is 14.9. The summed E-state index contributed by atoms with van der Waals surface area (Å²) in [5.74, 6) is 3.02. The quantitative estimate of drug-likeness (QED) is 0.205. The Morgan fingerprint density at radius 2 is 1.47 bits per heavy atom. The summed E-state index contributed by atoms with van der Waals surface area (Å²) < 4.78 is 35.0. The van der Waals surface area contributed by atoms with Crippen molar-refractivity contribution < 1.29 is 13.5 Å². The molecule has 36 heavy (non-hydrogen) atoms. The molecule has 4 atom stereocenters. The van der Waals surface area contributed by atoms with Crippen LogP contribution >= 0.6 is 0 Å². The van der Waals surface area contributed by atoms with Gasteiger partial charge < -0.3 is 4.74 Å². The van der Waals surface area contributed by atoms with Crippen molar-refractivity contribution in [2.45, 2.75) is 122 Å². The molecular formula is C33H50F2O. The first-order valence-corrected chi connectivity index (χ1v) is 15.3. The van der Waals surface area contributed by atoms with E-state index in [1.54, 1.807) is 18.2 Å². The fourth-order valence-electron chi connectivity index (χ4n) is 7.72. The van der Waals surface area contributed by atoms with Crippen LogP contribution < -0.4 is 4.74 Å². The third-order valence-electron chi connectivity index (χ3n) is 9.98. The highest BCUT2D eigenvalue weighted by atomic mass is 19.2. The van der Waals surface area contributed by atoms with Gasteiger partial charge in [-0.15, -0.1) is 6.58 Å². The second kappa shape index (κ2) is 14.0. The first-order valence-electron chi connectivity index (χ1n) is 15.3. The van der Waals surface area contributed by atoms with Crippen LogP contribution in [0, 0.1) is 41.2 Å². The van der Waals surface area contributed by atoms with Crippen LogP contribution in [0.3, 0.4) is 0 Å². The molecule has 1 nitrogen and oxygen atoms in total. The summed E-state index contributed by atoms with van der Waals surface area (Å²) in [4.78, 5) is 0. The summed E-state index contributed by atoms with van der Waals surface area (Å²) >= 11 is 0. The summed E-state index contributed by atoms with van der Waals surface area (Å²) in [7, 11) is 0. The lowest BCUT2D eigenvalue weighted by molar-refractivity contribution is 0.107. The van der Waals surface area contributed by atoms with Crippen molar-refractivity contribution in [2.75, 3.05) is 6.61 Å². The van der Waals surface area contributed by atoms with Crippen LogP contribution in [0.1, 0.15) is 128 Å². The number of rotatable bonds is 12. The maximum Gasteiger partial charge on any atom is 0.200 e. The van der Waals surface area contributed by atoms with Gasteiger partial charge in [0.15, 0.2) is 11.6 Å². The molecule has 202 valence electrons. The number of halogens is 2. The van der Waals surface area contributed by atoms with E-state index in [0.29, 0.717) is 24.5 Å². The molecule has 0 N–H and O–H groups in total. The zero-order valence-corrected chi connectivity index (χ0v) is 22.8. The number of fused-ring (bicyclic) bond motifs is 1. The Labute approximate surface area is 219 Å². The largest absolute Gasteiger partial charge is 0.490 e. The molecule has 0 aromatic heterocycles. The minimum atomic E-state index is -0.822. The molecule has 3 aliphatic carbocycles. The third kappa shape index (κ3) is 7.35. The monoisotopic (exact) mass is 500 g/mol. The summed E-state index contributed by atoms with van der Waals surface area (Å²) in [6.07, 6.45) is 23.9. The van der Waals surface area contributed by atoms with Gasteiger partial charge in [0.05, 0.1) is 6.61 Å². The Kier molecular flexibility index (Phi) is 10.7. The molecule has 3 heteroatoms. The van der Waals surface area contributed by atoms with Gasteiger partial charge in [-0.1, -0.05) is 89.7 Å². The molecule has 1 aromatic carbocycles. The van der Waals surface area contributed by atoms with Crippen molar-refractivity contribution in [3.63, 3.8) is 0 Å². The zero-order valence-electron chi connectivity index (χ0n) is 22.8. The Morgan fingerprint density at radius 1 is 0.806 bits per heavy atom. The van der Waals surface area contributed by atoms with E-state index < -0.39 is 11.6 Å². The van der Waals surface area contributed by atoms with Crippen LogP contribution in [-0.2, 0) is 0 Å². The fourth-order valence-corrected chi connectivity index (χ4v) is 7.72. The average Bonchev–Trinajstić information content (AvgIpc) is 2.90. The van der Waals surface area contributed by atoms with Gasteiger partial charge in [-0.2, -0.15) is 4.39 Å². The predicted molar refractivity (Wildman–Crippen MR) is 146 cm³/mol. The third-order valence-corrected chi connectivity index (χ3v) is 9.98. The Bertz CT molecular complexity index is 812. The highest BCUT2D eigenvalue weighted by Crippen LogP contribution is 2.49. The minimum absolute atomic E-state index is 0.0253. The predicted octanol–water partition coefficient (Wildman–Crippen LogP) is 10.4. The molecule has 4 unspecified atom stereocenters. The molecule has 0 amide bonds. The number of hydrogen-bond acceptors (Lipinski definition) is 1. The van der Waals surface area contributed by atoms with Crippen molar-refractivity contribution in [1.82, 2.24) is 0 Å². The van der Waals surface area contributed by atoms with Crippen LogP contribution in [0.4, 0.5) is 8.78 Å². The van der Waals surface area contributed by atoms with Gasteiger partial charge >= 0.3 is 0 Å². The standard InChI is InChI=1S/C33H50F2O/c1-3-5-7-8-24-9-11-25(12-10-24)13-14-26-15-16-28-23-29(18-17-27(28)22-26)30-19-20-31(33(35)32(30)34)36-21-6-4-2/h4,19-20,24-29H,2-3,5-18,21-23H2,1H3. The lowest BCUT2D eigenvalue weighted by Gasteiger charge is -2.43. The van der Waals surface area contributed by atoms with Gasteiger partial charge in [0.1, 0.15) is 0 Å². The van der Waals surface area contributed by atoms with E-state index in [9.17, 15) is 8.78 Å². The van der Waals surface area contributed by atoms with E-state index in [-0.39, 0.29) is 11.7 Å². The molecule has 0 spiro atoms. The molecule has 0 radical (unpaired) electrons. The van der Waals surface area contributed by atoms with Crippen LogP contribution in [0.15, 0.2) is 24.8 Å². The van der Waals surface area contributed by atoms with Crippen LogP contribution in [0.25, 0.3) is 0 Å². The number of benzene rings is 1. The first kappa shape index (κ1) is 27.6. The lowest BCUT2D eigenvalue weighted by atomic mass is 9.63. The molecule has 0 saturated heterocycles. The topological polar surface area (TPSA) is 9.23 Å². The fraction of sp³-hybridized carbons (Fsp3) is 0.758. The Hall–Kier alpha value is -1.38. The van der Waals surface area contributed by atoms with E-state index in [2.05, 4.69) is 13.5 Å². The van der Waals surface area contributed by atoms with E-state index in [4.69, 9.17) is 4.74 Å². The second-order valence-electron chi connectivity index (χ2n) is 12.4. The van der Waals surface area contributed by atoms with Crippen molar-refractivity contribution in [3.8, 4) is 5.75 Å². The summed E-state index contributed by atoms with van der Waals surface area (Å²) in [5, 5.41) is 0. The van der Waals surface area contributed by atoms with Crippen LogP contribution in [0.2, 0.25) is 0 Å². The maximum atomic E-state index is 14.9. The van der Waals surface area contributed by atoms with E-state index in [1.807, 2.05) is 0 Å². The summed E-state index contributed by atoms with van der Waals surface area (Å²) in [6, 6.07) is 3.40. The molecule has 4 rings (SSSR count). The molecule has 3 fully saturated rings. The van der Waals surface area contributed by atoms with Crippen LogP contribution in [-0.4, -0.2) is 6.61 Å². The Balaban J connectivity index is 1.20. The van der Waals surface area contributed by atoms with Gasteiger partial charge in [0, 0.05) is 0 Å².